The molecule has 0 aliphatic rings. The highest BCUT2D eigenvalue weighted by Gasteiger charge is 2.11. The summed E-state index contributed by atoms with van der Waals surface area (Å²) in [5.74, 6) is 2.07. The third kappa shape index (κ3) is 3.66. The lowest BCUT2D eigenvalue weighted by Gasteiger charge is -2.10. The van der Waals surface area contributed by atoms with Crippen LogP contribution in [0.2, 0.25) is 0 Å². The predicted octanol–water partition coefficient (Wildman–Crippen LogP) is 1.41. The molecule has 0 fully saturated rings. The van der Waals surface area contributed by atoms with Gasteiger partial charge in [-0.05, 0) is 20.8 Å². The third-order valence-electron chi connectivity index (χ3n) is 2.57. The van der Waals surface area contributed by atoms with Crippen molar-refractivity contribution < 1.29 is 4.74 Å². The number of nitrogens with one attached hydrogen (secondary N) is 1. The first kappa shape index (κ1) is 14.2. The van der Waals surface area contributed by atoms with Crippen LogP contribution in [0.15, 0.2) is 12.4 Å². The van der Waals surface area contributed by atoms with E-state index in [1.807, 2.05) is 38.6 Å². The van der Waals surface area contributed by atoms with Gasteiger partial charge in [0.2, 0.25) is 5.95 Å². The van der Waals surface area contributed by atoms with Crippen LogP contribution in [0.25, 0.3) is 0 Å². The van der Waals surface area contributed by atoms with Crippen LogP contribution in [0.5, 0.6) is 6.01 Å². The maximum Gasteiger partial charge on any atom is 0.321 e. The molecule has 108 valence electrons. The van der Waals surface area contributed by atoms with Crippen molar-refractivity contribution in [2.24, 2.45) is 7.05 Å². The van der Waals surface area contributed by atoms with Crippen molar-refractivity contribution in [3.63, 3.8) is 0 Å². The van der Waals surface area contributed by atoms with Gasteiger partial charge in [-0.15, -0.1) is 0 Å². The zero-order valence-corrected chi connectivity index (χ0v) is 12.3. The Morgan fingerprint density at radius 1 is 1.30 bits per heavy atom. The Morgan fingerprint density at radius 2 is 2.10 bits per heavy atom. The van der Waals surface area contributed by atoms with Crippen LogP contribution in [0.1, 0.15) is 32.4 Å². The molecule has 0 spiro atoms. The maximum absolute atomic E-state index is 5.56. The summed E-state index contributed by atoms with van der Waals surface area (Å²) >= 11 is 0. The van der Waals surface area contributed by atoms with Crippen LogP contribution in [0.3, 0.4) is 0 Å². The number of hydrogen-bond donors (Lipinski definition) is 1. The highest BCUT2D eigenvalue weighted by molar-refractivity contribution is 5.26. The SMILES string of the molecule is CCNc1nc(Cc2nccn2C)nc(OC(C)C)n1. The highest BCUT2D eigenvalue weighted by Crippen LogP contribution is 2.12. The lowest BCUT2D eigenvalue weighted by Crippen LogP contribution is -2.14. The Hall–Kier alpha value is -2.18. The van der Waals surface area contributed by atoms with Crippen LogP contribution in [0, 0.1) is 0 Å². The normalized spacial score (nSPS) is 10.8. The lowest BCUT2D eigenvalue weighted by molar-refractivity contribution is 0.221. The molecular weight excluding hydrogens is 256 g/mol. The number of aryl methyl sites for hydroxylation is 1. The molecule has 2 aromatic heterocycles. The third-order valence-corrected chi connectivity index (χ3v) is 2.57. The molecule has 2 aromatic rings. The van der Waals surface area contributed by atoms with Crippen LogP contribution in [-0.2, 0) is 13.5 Å². The summed E-state index contributed by atoms with van der Waals surface area (Å²) < 4.78 is 7.51. The second kappa shape index (κ2) is 6.31. The van der Waals surface area contributed by atoms with E-state index in [2.05, 4.69) is 25.3 Å². The fraction of sp³-hybridized carbons (Fsp3) is 0.538. The lowest BCUT2D eigenvalue weighted by atomic mass is 10.4. The Balaban J connectivity index is 2.26. The van der Waals surface area contributed by atoms with E-state index in [0.717, 1.165) is 12.4 Å². The van der Waals surface area contributed by atoms with E-state index in [4.69, 9.17) is 4.74 Å². The Labute approximate surface area is 118 Å². The molecule has 0 amide bonds. The van der Waals surface area contributed by atoms with Crippen molar-refractivity contribution in [2.75, 3.05) is 11.9 Å². The molecular formula is C13H20N6O. The number of hydrogen-bond acceptors (Lipinski definition) is 6. The average Bonchev–Trinajstić information content (AvgIpc) is 2.74. The molecule has 0 aliphatic carbocycles. The van der Waals surface area contributed by atoms with E-state index >= 15 is 0 Å². The molecule has 1 N–H and O–H groups in total. The second-order valence-corrected chi connectivity index (χ2v) is 4.69. The van der Waals surface area contributed by atoms with Crippen molar-refractivity contribution in [1.82, 2.24) is 24.5 Å². The van der Waals surface area contributed by atoms with Gasteiger partial charge in [0.1, 0.15) is 11.6 Å². The Bertz CT molecular complexity index is 566. The van der Waals surface area contributed by atoms with Gasteiger partial charge in [0.25, 0.3) is 0 Å². The fourth-order valence-corrected chi connectivity index (χ4v) is 1.69. The molecule has 0 unspecified atom stereocenters. The molecule has 7 nitrogen and oxygen atoms in total. The first-order valence-electron chi connectivity index (χ1n) is 6.70. The number of imidazole rings is 1. The van der Waals surface area contributed by atoms with Crippen molar-refractivity contribution in [3.8, 4) is 6.01 Å². The van der Waals surface area contributed by atoms with Crippen LogP contribution in [-0.4, -0.2) is 37.2 Å². The minimum absolute atomic E-state index is 0.0212. The molecule has 20 heavy (non-hydrogen) atoms. The molecule has 2 rings (SSSR count). The van der Waals surface area contributed by atoms with E-state index in [1.165, 1.54) is 0 Å². The van der Waals surface area contributed by atoms with Gasteiger partial charge in [0.05, 0.1) is 12.5 Å². The molecule has 0 aliphatic heterocycles. The Kier molecular flexibility index (Phi) is 4.49. The summed E-state index contributed by atoms with van der Waals surface area (Å²) in [6, 6.07) is 0.343. The first-order valence-corrected chi connectivity index (χ1v) is 6.70. The van der Waals surface area contributed by atoms with Crippen LogP contribution in [0.4, 0.5) is 5.95 Å². The van der Waals surface area contributed by atoms with E-state index in [1.54, 1.807) is 6.20 Å². The van der Waals surface area contributed by atoms with Gasteiger partial charge in [-0.1, -0.05) is 0 Å². The number of anilines is 1. The van der Waals surface area contributed by atoms with Gasteiger partial charge < -0.3 is 14.6 Å². The highest BCUT2D eigenvalue weighted by atomic mass is 16.5. The van der Waals surface area contributed by atoms with E-state index < -0.39 is 0 Å². The molecule has 0 aromatic carbocycles. The van der Waals surface area contributed by atoms with E-state index in [9.17, 15) is 0 Å². The summed E-state index contributed by atoms with van der Waals surface area (Å²) in [4.78, 5) is 17.2. The van der Waals surface area contributed by atoms with Gasteiger partial charge in [-0.3, -0.25) is 0 Å². The summed E-state index contributed by atoms with van der Waals surface area (Å²) in [5, 5.41) is 3.09. The zero-order valence-electron chi connectivity index (χ0n) is 12.3. The minimum atomic E-state index is 0.0212. The molecule has 0 saturated heterocycles. The topological polar surface area (TPSA) is 77.8 Å². The fourth-order valence-electron chi connectivity index (χ4n) is 1.69. The standard InChI is InChI=1S/C13H20N6O/c1-5-14-12-16-10(8-11-15-6-7-19(11)4)17-13(18-12)20-9(2)3/h6-7,9H,5,8H2,1-4H3,(H,14,16,17,18). The zero-order chi connectivity index (χ0) is 14.5. The van der Waals surface area contributed by atoms with Crippen LogP contribution < -0.4 is 10.1 Å². The summed E-state index contributed by atoms with van der Waals surface area (Å²) in [5.41, 5.74) is 0. The van der Waals surface area contributed by atoms with Gasteiger partial charge in [0.15, 0.2) is 0 Å². The van der Waals surface area contributed by atoms with Gasteiger partial charge >= 0.3 is 6.01 Å². The maximum atomic E-state index is 5.56. The van der Waals surface area contributed by atoms with Crippen molar-refractivity contribution in [3.05, 3.63) is 24.0 Å². The second-order valence-electron chi connectivity index (χ2n) is 4.69. The predicted molar refractivity (Wildman–Crippen MR) is 75.8 cm³/mol. The first-order chi connectivity index (χ1) is 9.58. The van der Waals surface area contributed by atoms with Gasteiger partial charge in [-0.2, -0.15) is 15.0 Å². The van der Waals surface area contributed by atoms with Crippen LogP contribution >= 0.6 is 0 Å². The van der Waals surface area contributed by atoms with E-state index in [0.29, 0.717) is 24.2 Å². The molecule has 0 atom stereocenters. The molecule has 0 bridgehead atoms. The molecule has 7 heteroatoms. The molecule has 0 radical (unpaired) electrons. The monoisotopic (exact) mass is 276 g/mol. The number of aromatic nitrogens is 5. The van der Waals surface area contributed by atoms with E-state index in [-0.39, 0.29) is 6.10 Å². The van der Waals surface area contributed by atoms with Crippen molar-refractivity contribution in [1.29, 1.82) is 0 Å². The van der Waals surface area contributed by atoms with Gasteiger partial charge in [-0.25, -0.2) is 4.98 Å². The largest absolute Gasteiger partial charge is 0.461 e. The Morgan fingerprint density at radius 3 is 2.70 bits per heavy atom. The summed E-state index contributed by atoms with van der Waals surface area (Å²) in [6.07, 6.45) is 4.22. The number of nitrogens with zero attached hydrogens (tertiary/aromatic N) is 5. The van der Waals surface area contributed by atoms with Crippen molar-refractivity contribution >= 4 is 5.95 Å². The smallest absolute Gasteiger partial charge is 0.321 e. The quantitative estimate of drug-likeness (QED) is 0.859. The molecule has 0 saturated carbocycles. The minimum Gasteiger partial charge on any atom is -0.461 e. The average molecular weight is 276 g/mol. The summed E-state index contributed by atoms with van der Waals surface area (Å²) in [7, 11) is 1.94. The molecule has 2 heterocycles. The van der Waals surface area contributed by atoms with Gasteiger partial charge in [0, 0.05) is 26.0 Å². The number of rotatable bonds is 6. The summed E-state index contributed by atoms with van der Waals surface area (Å²) in [6.45, 7) is 6.61. The van der Waals surface area contributed by atoms with Crippen molar-refractivity contribution in [2.45, 2.75) is 33.3 Å². The number of ether oxygens (including phenoxy) is 1.